The van der Waals surface area contributed by atoms with Crippen molar-refractivity contribution in [3.05, 3.63) is 66.2 Å². The molecule has 0 unspecified atom stereocenters. The predicted octanol–water partition coefficient (Wildman–Crippen LogP) is 2.92. The molecule has 0 saturated carbocycles. The van der Waals surface area contributed by atoms with Crippen molar-refractivity contribution >= 4 is 5.91 Å². The second-order valence-corrected chi connectivity index (χ2v) is 6.49. The number of carbonyl (C=O) groups excluding carboxylic acids is 1. The summed E-state index contributed by atoms with van der Waals surface area (Å²) < 4.78 is 1.77. The summed E-state index contributed by atoms with van der Waals surface area (Å²) in [5, 5.41) is 7.26. The van der Waals surface area contributed by atoms with E-state index in [1.54, 1.807) is 10.9 Å². The number of aryl methyl sites for hydroxylation is 2. The molecule has 1 aliphatic rings. The van der Waals surface area contributed by atoms with Crippen molar-refractivity contribution in [3.8, 4) is 11.4 Å². The lowest BCUT2D eigenvalue weighted by molar-refractivity contribution is -0.122. The van der Waals surface area contributed by atoms with Crippen molar-refractivity contribution in [2.24, 2.45) is 0 Å². The lowest BCUT2D eigenvalue weighted by atomic mass is 9.92. The average molecular weight is 347 g/mol. The summed E-state index contributed by atoms with van der Waals surface area (Å²) in [7, 11) is 0. The van der Waals surface area contributed by atoms with Crippen molar-refractivity contribution in [1.29, 1.82) is 0 Å². The minimum atomic E-state index is -0.00584. The van der Waals surface area contributed by atoms with Gasteiger partial charge in [0.15, 0.2) is 5.82 Å². The predicted molar refractivity (Wildman–Crippen MR) is 98.1 cm³/mol. The molecule has 1 aliphatic carbocycles. The molecule has 0 saturated heterocycles. The third-order valence-corrected chi connectivity index (χ3v) is 4.68. The highest BCUT2D eigenvalue weighted by Crippen LogP contribution is 2.29. The molecule has 0 bridgehead atoms. The number of fused-ring (bicyclic) bond motifs is 1. The third kappa shape index (κ3) is 3.64. The first-order valence-electron chi connectivity index (χ1n) is 8.97. The smallest absolute Gasteiger partial charge is 0.222 e. The Hall–Kier alpha value is -3.02. The molecule has 1 atom stereocenters. The van der Waals surface area contributed by atoms with Gasteiger partial charge >= 0.3 is 0 Å². The van der Waals surface area contributed by atoms with Gasteiger partial charge in [-0.05, 0) is 25.3 Å². The van der Waals surface area contributed by atoms with Gasteiger partial charge in [0.25, 0.3) is 0 Å². The molecule has 1 N–H and O–H groups in total. The minimum Gasteiger partial charge on any atom is -0.349 e. The normalized spacial score (nSPS) is 16.1. The zero-order chi connectivity index (χ0) is 17.8. The van der Waals surface area contributed by atoms with Crippen LogP contribution in [0.25, 0.3) is 11.4 Å². The number of nitrogens with one attached hydrogen (secondary N) is 1. The maximum atomic E-state index is 12.3. The molecular weight excluding hydrogens is 326 g/mol. The van der Waals surface area contributed by atoms with Gasteiger partial charge < -0.3 is 5.32 Å². The van der Waals surface area contributed by atoms with Crippen LogP contribution in [0, 0.1) is 0 Å². The van der Waals surface area contributed by atoms with E-state index in [1.165, 1.54) is 0 Å². The van der Waals surface area contributed by atoms with Crippen LogP contribution in [-0.2, 0) is 17.8 Å². The summed E-state index contributed by atoms with van der Waals surface area (Å²) in [6.07, 6.45) is 8.74. The molecule has 2 heterocycles. The van der Waals surface area contributed by atoms with Crippen LogP contribution in [0.2, 0.25) is 0 Å². The second-order valence-electron chi connectivity index (χ2n) is 6.49. The van der Waals surface area contributed by atoms with E-state index in [1.807, 2.05) is 48.8 Å². The first kappa shape index (κ1) is 16.4. The lowest BCUT2D eigenvalue weighted by Crippen LogP contribution is -2.32. The van der Waals surface area contributed by atoms with Gasteiger partial charge in [0.05, 0.1) is 6.04 Å². The SMILES string of the molecule is O=C(CCn1cccn1)N[C@H]1CCCc2nc(-c3ccccc3)ncc21. The summed E-state index contributed by atoms with van der Waals surface area (Å²) in [5.74, 6) is 0.778. The highest BCUT2D eigenvalue weighted by Gasteiger charge is 2.23. The lowest BCUT2D eigenvalue weighted by Gasteiger charge is -2.25. The number of nitrogens with zero attached hydrogens (tertiary/aromatic N) is 4. The quantitative estimate of drug-likeness (QED) is 0.770. The molecule has 0 spiro atoms. The van der Waals surface area contributed by atoms with Crippen molar-refractivity contribution in [2.75, 3.05) is 0 Å². The Kier molecular flexibility index (Phi) is 4.73. The van der Waals surface area contributed by atoms with Crippen molar-refractivity contribution < 1.29 is 4.79 Å². The highest BCUT2D eigenvalue weighted by atomic mass is 16.1. The largest absolute Gasteiger partial charge is 0.349 e. The molecule has 1 aromatic carbocycles. The van der Waals surface area contributed by atoms with Crippen LogP contribution in [0.15, 0.2) is 55.0 Å². The van der Waals surface area contributed by atoms with Crippen LogP contribution in [0.5, 0.6) is 0 Å². The van der Waals surface area contributed by atoms with E-state index in [4.69, 9.17) is 4.98 Å². The molecule has 2 aromatic heterocycles. The molecule has 6 heteroatoms. The van der Waals surface area contributed by atoms with Crippen molar-refractivity contribution in [1.82, 2.24) is 25.1 Å². The number of hydrogen-bond acceptors (Lipinski definition) is 4. The molecule has 0 radical (unpaired) electrons. The Labute approximate surface area is 152 Å². The van der Waals surface area contributed by atoms with Crippen LogP contribution in [-0.4, -0.2) is 25.7 Å². The van der Waals surface area contributed by atoms with Crippen molar-refractivity contribution in [3.63, 3.8) is 0 Å². The summed E-state index contributed by atoms with van der Waals surface area (Å²) >= 11 is 0. The molecule has 26 heavy (non-hydrogen) atoms. The van der Waals surface area contributed by atoms with Gasteiger partial charge in [-0.2, -0.15) is 5.10 Å². The van der Waals surface area contributed by atoms with E-state index in [9.17, 15) is 4.79 Å². The molecular formula is C20H21N5O. The Bertz CT molecular complexity index is 876. The molecule has 6 nitrogen and oxygen atoms in total. The summed E-state index contributed by atoms with van der Waals surface area (Å²) in [6.45, 7) is 0.585. The average Bonchev–Trinajstić information content (AvgIpc) is 3.21. The van der Waals surface area contributed by atoms with Crippen LogP contribution >= 0.6 is 0 Å². The molecule has 132 valence electrons. The molecule has 0 fully saturated rings. The standard InChI is InChI=1S/C20H21N5O/c26-19(10-13-25-12-5-11-22-25)23-17-8-4-9-18-16(17)14-21-20(24-18)15-6-2-1-3-7-15/h1-3,5-7,11-12,14,17H,4,8-10,13H2,(H,23,26)/t17-/m0/s1. The molecule has 3 aromatic rings. The molecule has 0 aliphatic heterocycles. The van der Waals surface area contributed by atoms with Crippen LogP contribution in [0.1, 0.15) is 36.6 Å². The van der Waals surface area contributed by atoms with Gasteiger partial charge in [-0.15, -0.1) is 0 Å². The number of benzene rings is 1. The maximum Gasteiger partial charge on any atom is 0.222 e. The Morgan fingerprint density at radius 1 is 1.23 bits per heavy atom. The van der Waals surface area contributed by atoms with E-state index in [0.29, 0.717) is 13.0 Å². The molecule has 4 rings (SSSR count). The van der Waals surface area contributed by atoms with Gasteiger partial charge in [-0.3, -0.25) is 9.48 Å². The Morgan fingerprint density at radius 2 is 2.12 bits per heavy atom. The number of aromatic nitrogens is 4. The summed E-state index contributed by atoms with van der Waals surface area (Å²) in [4.78, 5) is 21.6. The van der Waals surface area contributed by atoms with Crippen LogP contribution < -0.4 is 5.32 Å². The fraction of sp³-hybridized carbons (Fsp3) is 0.300. The number of carbonyl (C=O) groups is 1. The van der Waals surface area contributed by atoms with E-state index in [0.717, 1.165) is 41.9 Å². The summed E-state index contributed by atoms with van der Waals surface area (Å²) in [5.41, 5.74) is 3.10. The minimum absolute atomic E-state index is 0.00584. The van der Waals surface area contributed by atoms with Gasteiger partial charge in [0, 0.05) is 48.4 Å². The number of hydrogen-bond donors (Lipinski definition) is 1. The molecule has 1 amide bonds. The van der Waals surface area contributed by atoms with Crippen LogP contribution in [0.3, 0.4) is 0 Å². The first-order chi connectivity index (χ1) is 12.8. The Balaban J connectivity index is 1.46. The second kappa shape index (κ2) is 7.47. The summed E-state index contributed by atoms with van der Waals surface area (Å²) in [6, 6.07) is 11.8. The van der Waals surface area contributed by atoms with Gasteiger partial charge in [-0.25, -0.2) is 9.97 Å². The zero-order valence-corrected chi connectivity index (χ0v) is 14.5. The van der Waals surface area contributed by atoms with E-state index in [-0.39, 0.29) is 11.9 Å². The highest BCUT2D eigenvalue weighted by molar-refractivity contribution is 5.76. The fourth-order valence-corrected chi connectivity index (χ4v) is 3.34. The van der Waals surface area contributed by atoms with Crippen LogP contribution in [0.4, 0.5) is 0 Å². The van der Waals surface area contributed by atoms with Crippen molar-refractivity contribution in [2.45, 2.75) is 38.3 Å². The van der Waals surface area contributed by atoms with E-state index in [2.05, 4.69) is 15.4 Å². The topological polar surface area (TPSA) is 72.7 Å². The van der Waals surface area contributed by atoms with Gasteiger partial charge in [0.2, 0.25) is 5.91 Å². The van der Waals surface area contributed by atoms with E-state index < -0.39 is 0 Å². The first-order valence-corrected chi connectivity index (χ1v) is 8.97. The number of amides is 1. The third-order valence-electron chi connectivity index (χ3n) is 4.68. The monoisotopic (exact) mass is 347 g/mol. The van der Waals surface area contributed by atoms with E-state index >= 15 is 0 Å². The fourth-order valence-electron chi connectivity index (χ4n) is 3.34. The zero-order valence-electron chi connectivity index (χ0n) is 14.5. The van der Waals surface area contributed by atoms with Gasteiger partial charge in [-0.1, -0.05) is 30.3 Å². The Morgan fingerprint density at radius 3 is 2.92 bits per heavy atom. The number of rotatable bonds is 5. The maximum absolute atomic E-state index is 12.3. The van der Waals surface area contributed by atoms with Gasteiger partial charge in [0.1, 0.15) is 0 Å².